The Balaban J connectivity index is 2.04. The number of hydrogen-bond acceptors (Lipinski definition) is 4. The molecular weight excluding hydrogens is 178 g/mol. The average molecular weight is 195 g/mol. The van der Waals surface area contributed by atoms with Crippen molar-refractivity contribution < 1.29 is 0 Å². The standard InChI is InChI=1S/C9H17N5/c1-11-9-13-12-8(14(9)2)5-7(10)6-3-4-6/h6-7H,3-5,10H2,1-2H3,(H,11,13). The van der Waals surface area contributed by atoms with Gasteiger partial charge in [-0.2, -0.15) is 0 Å². The van der Waals surface area contributed by atoms with Crippen molar-refractivity contribution in [3.8, 4) is 0 Å². The lowest BCUT2D eigenvalue weighted by atomic mass is 10.1. The molecule has 1 aromatic rings. The zero-order chi connectivity index (χ0) is 10.1. The first-order valence-corrected chi connectivity index (χ1v) is 5.04. The van der Waals surface area contributed by atoms with Crippen LogP contribution in [0.5, 0.6) is 0 Å². The van der Waals surface area contributed by atoms with Crippen molar-refractivity contribution in [2.24, 2.45) is 18.7 Å². The fourth-order valence-electron chi connectivity index (χ4n) is 1.66. The molecule has 1 saturated carbocycles. The molecule has 0 amide bonds. The van der Waals surface area contributed by atoms with Gasteiger partial charge in [-0.15, -0.1) is 10.2 Å². The van der Waals surface area contributed by atoms with Crippen molar-refractivity contribution in [2.45, 2.75) is 25.3 Å². The number of aromatic nitrogens is 3. The first kappa shape index (κ1) is 9.45. The van der Waals surface area contributed by atoms with Gasteiger partial charge in [0.05, 0.1) is 0 Å². The molecule has 2 rings (SSSR count). The number of nitrogens with zero attached hydrogens (tertiary/aromatic N) is 3. The summed E-state index contributed by atoms with van der Waals surface area (Å²) < 4.78 is 1.96. The Morgan fingerprint density at radius 3 is 2.79 bits per heavy atom. The second-order valence-electron chi connectivity index (χ2n) is 3.95. The van der Waals surface area contributed by atoms with Crippen molar-refractivity contribution in [1.82, 2.24) is 14.8 Å². The van der Waals surface area contributed by atoms with Crippen LogP contribution >= 0.6 is 0 Å². The molecule has 1 unspecified atom stereocenters. The normalized spacial score (nSPS) is 18.2. The summed E-state index contributed by atoms with van der Waals surface area (Å²) in [5, 5.41) is 11.1. The van der Waals surface area contributed by atoms with E-state index in [-0.39, 0.29) is 6.04 Å². The molecule has 1 aromatic heterocycles. The molecule has 5 heteroatoms. The Bertz CT molecular complexity index is 315. The number of nitrogens with two attached hydrogens (primary N) is 1. The van der Waals surface area contributed by atoms with E-state index in [2.05, 4.69) is 15.5 Å². The van der Waals surface area contributed by atoms with Crippen molar-refractivity contribution in [1.29, 1.82) is 0 Å². The Kier molecular flexibility index (Phi) is 2.41. The number of rotatable bonds is 4. The van der Waals surface area contributed by atoms with Crippen LogP contribution in [0.1, 0.15) is 18.7 Å². The molecule has 0 radical (unpaired) electrons. The molecule has 14 heavy (non-hydrogen) atoms. The van der Waals surface area contributed by atoms with Gasteiger partial charge in [0.2, 0.25) is 5.95 Å². The van der Waals surface area contributed by atoms with Crippen molar-refractivity contribution in [3.63, 3.8) is 0 Å². The minimum Gasteiger partial charge on any atom is -0.357 e. The van der Waals surface area contributed by atoms with E-state index in [0.717, 1.165) is 18.2 Å². The number of hydrogen-bond donors (Lipinski definition) is 2. The molecule has 0 bridgehead atoms. The van der Waals surface area contributed by atoms with Crippen LogP contribution < -0.4 is 11.1 Å². The maximum Gasteiger partial charge on any atom is 0.224 e. The molecule has 0 spiro atoms. The number of nitrogens with one attached hydrogen (secondary N) is 1. The maximum absolute atomic E-state index is 6.03. The first-order chi connectivity index (χ1) is 6.72. The van der Waals surface area contributed by atoms with Gasteiger partial charge in [-0.25, -0.2) is 0 Å². The van der Waals surface area contributed by atoms with E-state index in [0.29, 0.717) is 5.92 Å². The van der Waals surface area contributed by atoms with Crippen LogP contribution in [0.2, 0.25) is 0 Å². The quantitative estimate of drug-likeness (QED) is 0.717. The Hall–Kier alpha value is -1.10. The molecule has 1 aliphatic rings. The predicted molar refractivity (Wildman–Crippen MR) is 55.0 cm³/mol. The molecule has 1 fully saturated rings. The highest BCUT2D eigenvalue weighted by atomic mass is 15.3. The molecule has 0 aliphatic heterocycles. The average Bonchev–Trinajstić information content (AvgIpc) is 2.95. The van der Waals surface area contributed by atoms with Crippen LogP contribution in [-0.4, -0.2) is 27.9 Å². The van der Waals surface area contributed by atoms with Crippen LogP contribution in [0.15, 0.2) is 0 Å². The van der Waals surface area contributed by atoms with Gasteiger partial charge >= 0.3 is 0 Å². The smallest absolute Gasteiger partial charge is 0.224 e. The molecule has 78 valence electrons. The third kappa shape index (κ3) is 1.72. The molecular formula is C9H17N5. The van der Waals surface area contributed by atoms with Crippen LogP contribution in [0, 0.1) is 5.92 Å². The van der Waals surface area contributed by atoms with Gasteiger partial charge < -0.3 is 15.6 Å². The molecule has 1 aliphatic carbocycles. The highest BCUT2D eigenvalue weighted by molar-refractivity contribution is 5.24. The minimum atomic E-state index is 0.252. The van der Waals surface area contributed by atoms with Crippen molar-refractivity contribution in [3.05, 3.63) is 5.82 Å². The van der Waals surface area contributed by atoms with Gasteiger partial charge in [0.1, 0.15) is 5.82 Å². The van der Waals surface area contributed by atoms with Gasteiger partial charge in [-0.1, -0.05) is 0 Å². The first-order valence-electron chi connectivity index (χ1n) is 5.04. The third-order valence-electron chi connectivity index (χ3n) is 2.83. The topological polar surface area (TPSA) is 68.8 Å². The highest BCUT2D eigenvalue weighted by Gasteiger charge is 2.29. The lowest BCUT2D eigenvalue weighted by Crippen LogP contribution is -2.26. The third-order valence-corrected chi connectivity index (χ3v) is 2.83. The van der Waals surface area contributed by atoms with E-state index in [4.69, 9.17) is 5.73 Å². The van der Waals surface area contributed by atoms with E-state index < -0.39 is 0 Å². The summed E-state index contributed by atoms with van der Waals surface area (Å²) in [6.45, 7) is 0. The summed E-state index contributed by atoms with van der Waals surface area (Å²) in [7, 11) is 3.80. The number of anilines is 1. The van der Waals surface area contributed by atoms with E-state index in [1.807, 2.05) is 18.7 Å². The van der Waals surface area contributed by atoms with Gasteiger partial charge in [0.25, 0.3) is 0 Å². The summed E-state index contributed by atoms with van der Waals surface area (Å²) >= 11 is 0. The lowest BCUT2D eigenvalue weighted by Gasteiger charge is -2.09. The molecule has 5 nitrogen and oxygen atoms in total. The second-order valence-corrected chi connectivity index (χ2v) is 3.95. The van der Waals surface area contributed by atoms with Crippen LogP contribution in [0.25, 0.3) is 0 Å². The van der Waals surface area contributed by atoms with E-state index >= 15 is 0 Å². The van der Waals surface area contributed by atoms with Crippen LogP contribution in [-0.2, 0) is 13.5 Å². The van der Waals surface area contributed by atoms with E-state index in [9.17, 15) is 0 Å². The van der Waals surface area contributed by atoms with Gasteiger partial charge in [0, 0.05) is 26.6 Å². The molecule has 3 N–H and O–H groups in total. The van der Waals surface area contributed by atoms with Crippen molar-refractivity contribution >= 4 is 5.95 Å². The fraction of sp³-hybridized carbons (Fsp3) is 0.778. The Morgan fingerprint density at radius 1 is 1.57 bits per heavy atom. The summed E-state index contributed by atoms with van der Waals surface area (Å²) in [5.41, 5.74) is 6.03. The van der Waals surface area contributed by atoms with Gasteiger partial charge in [0.15, 0.2) is 0 Å². The SMILES string of the molecule is CNc1nnc(CC(N)C2CC2)n1C. The summed E-state index contributed by atoms with van der Waals surface area (Å²) in [6.07, 6.45) is 3.38. The van der Waals surface area contributed by atoms with E-state index in [1.165, 1.54) is 12.8 Å². The molecule has 0 saturated heterocycles. The van der Waals surface area contributed by atoms with Gasteiger partial charge in [-0.3, -0.25) is 0 Å². The zero-order valence-electron chi connectivity index (χ0n) is 8.70. The zero-order valence-corrected chi connectivity index (χ0v) is 8.70. The summed E-state index contributed by atoms with van der Waals surface area (Å²) in [4.78, 5) is 0. The summed E-state index contributed by atoms with van der Waals surface area (Å²) in [5.74, 6) is 2.47. The van der Waals surface area contributed by atoms with Crippen LogP contribution in [0.4, 0.5) is 5.95 Å². The predicted octanol–water partition coefficient (Wildman–Crippen LogP) is 0.137. The Labute approximate surface area is 83.7 Å². The lowest BCUT2D eigenvalue weighted by molar-refractivity contribution is 0.563. The van der Waals surface area contributed by atoms with Crippen molar-refractivity contribution in [2.75, 3.05) is 12.4 Å². The fourth-order valence-corrected chi connectivity index (χ4v) is 1.66. The maximum atomic E-state index is 6.03. The molecule has 1 heterocycles. The minimum absolute atomic E-state index is 0.252. The largest absolute Gasteiger partial charge is 0.357 e. The summed E-state index contributed by atoms with van der Waals surface area (Å²) in [6, 6.07) is 0.252. The van der Waals surface area contributed by atoms with E-state index in [1.54, 1.807) is 0 Å². The van der Waals surface area contributed by atoms with Gasteiger partial charge in [-0.05, 0) is 18.8 Å². The molecule has 0 aromatic carbocycles. The highest BCUT2D eigenvalue weighted by Crippen LogP contribution is 2.32. The van der Waals surface area contributed by atoms with Crippen LogP contribution in [0.3, 0.4) is 0 Å². The second kappa shape index (κ2) is 3.57. The molecule has 1 atom stereocenters. The monoisotopic (exact) mass is 195 g/mol. The Morgan fingerprint density at radius 2 is 2.29 bits per heavy atom.